The van der Waals surface area contributed by atoms with Gasteiger partial charge in [-0.25, -0.2) is 4.68 Å². The lowest BCUT2D eigenvalue weighted by Crippen LogP contribution is -2.06. The van der Waals surface area contributed by atoms with Crippen LogP contribution in [0.4, 0.5) is 0 Å². The molecule has 3 aromatic heterocycles. The molecule has 8 heteroatoms. The third kappa shape index (κ3) is 3.23. The Hall–Kier alpha value is -3.00. The second-order valence-corrected chi connectivity index (χ2v) is 6.68. The quantitative estimate of drug-likeness (QED) is 0.476. The summed E-state index contributed by atoms with van der Waals surface area (Å²) in [7, 11) is 0. The Balaban J connectivity index is 1.59. The van der Waals surface area contributed by atoms with Gasteiger partial charge in [-0.1, -0.05) is 28.1 Å². The standard InChI is InChI=1S/C18H15BrN6O/c1-12-9-13(2)25(23-12)18-22-20-11-24(18)21-10-16-7-8-17(26-16)14-3-5-15(19)6-4-14/h3-11H,1-2H3/b21-10-. The van der Waals surface area contributed by atoms with Gasteiger partial charge in [0.05, 0.1) is 11.9 Å². The number of halogens is 1. The first-order valence-electron chi connectivity index (χ1n) is 7.94. The number of furan rings is 1. The van der Waals surface area contributed by atoms with Gasteiger partial charge in [-0.2, -0.15) is 14.9 Å². The first-order valence-corrected chi connectivity index (χ1v) is 8.73. The number of rotatable bonds is 4. The average molecular weight is 411 g/mol. The molecule has 0 unspecified atom stereocenters. The van der Waals surface area contributed by atoms with Crippen molar-refractivity contribution in [3.63, 3.8) is 0 Å². The summed E-state index contributed by atoms with van der Waals surface area (Å²) in [5, 5.41) is 16.8. The van der Waals surface area contributed by atoms with E-state index in [0.717, 1.165) is 27.2 Å². The molecule has 0 amide bonds. The van der Waals surface area contributed by atoms with Crippen molar-refractivity contribution in [3.05, 3.63) is 70.4 Å². The molecule has 0 saturated carbocycles. The van der Waals surface area contributed by atoms with Crippen LogP contribution in [0, 0.1) is 13.8 Å². The van der Waals surface area contributed by atoms with Crippen LogP contribution in [-0.4, -0.2) is 30.9 Å². The summed E-state index contributed by atoms with van der Waals surface area (Å²) in [4.78, 5) is 0. The van der Waals surface area contributed by atoms with E-state index in [-0.39, 0.29) is 0 Å². The van der Waals surface area contributed by atoms with Crippen LogP contribution in [0.3, 0.4) is 0 Å². The van der Waals surface area contributed by atoms with Gasteiger partial charge >= 0.3 is 0 Å². The van der Waals surface area contributed by atoms with Crippen LogP contribution in [0.1, 0.15) is 17.1 Å². The Morgan fingerprint density at radius 2 is 1.92 bits per heavy atom. The lowest BCUT2D eigenvalue weighted by atomic mass is 10.2. The van der Waals surface area contributed by atoms with Crippen molar-refractivity contribution < 1.29 is 4.42 Å². The van der Waals surface area contributed by atoms with E-state index in [0.29, 0.717) is 11.7 Å². The highest BCUT2D eigenvalue weighted by Gasteiger charge is 2.10. The molecule has 0 radical (unpaired) electrons. The molecule has 0 aliphatic rings. The SMILES string of the molecule is Cc1cc(C)n(-c2nncn2/N=C\c2ccc(-c3ccc(Br)cc3)o2)n1. The lowest BCUT2D eigenvalue weighted by Gasteiger charge is -2.01. The molecular formula is C18H15BrN6O. The number of aromatic nitrogens is 5. The van der Waals surface area contributed by atoms with Gasteiger partial charge in [-0.05, 0) is 44.2 Å². The maximum absolute atomic E-state index is 5.84. The van der Waals surface area contributed by atoms with Crippen LogP contribution in [0.25, 0.3) is 17.3 Å². The summed E-state index contributed by atoms with van der Waals surface area (Å²) in [6, 6.07) is 13.7. The summed E-state index contributed by atoms with van der Waals surface area (Å²) in [6.07, 6.45) is 3.15. The Bertz CT molecular complexity index is 1070. The van der Waals surface area contributed by atoms with Gasteiger partial charge in [-0.3, -0.25) is 0 Å². The van der Waals surface area contributed by atoms with Gasteiger partial charge in [0.25, 0.3) is 5.95 Å². The molecule has 7 nitrogen and oxygen atoms in total. The van der Waals surface area contributed by atoms with Gasteiger partial charge < -0.3 is 4.42 Å². The minimum absolute atomic E-state index is 0.520. The maximum Gasteiger partial charge on any atom is 0.273 e. The van der Waals surface area contributed by atoms with Gasteiger partial charge in [0.2, 0.25) is 0 Å². The van der Waals surface area contributed by atoms with E-state index in [1.807, 2.05) is 56.3 Å². The summed E-state index contributed by atoms with van der Waals surface area (Å²) in [6.45, 7) is 3.89. The van der Waals surface area contributed by atoms with Crippen molar-refractivity contribution in [2.45, 2.75) is 13.8 Å². The minimum Gasteiger partial charge on any atom is -0.455 e. The van der Waals surface area contributed by atoms with Crippen molar-refractivity contribution in [1.82, 2.24) is 24.7 Å². The number of nitrogens with zero attached hydrogens (tertiary/aromatic N) is 6. The first-order chi connectivity index (χ1) is 12.6. The molecule has 0 N–H and O–H groups in total. The van der Waals surface area contributed by atoms with E-state index in [4.69, 9.17) is 4.42 Å². The van der Waals surface area contributed by atoms with Gasteiger partial charge in [0.15, 0.2) is 0 Å². The topological polar surface area (TPSA) is 74.0 Å². The molecule has 4 rings (SSSR count). The van der Waals surface area contributed by atoms with Gasteiger partial charge in [0.1, 0.15) is 17.8 Å². The molecule has 0 fully saturated rings. The monoisotopic (exact) mass is 410 g/mol. The van der Waals surface area contributed by atoms with Gasteiger partial charge in [0, 0.05) is 15.7 Å². The minimum atomic E-state index is 0.520. The number of aryl methyl sites for hydroxylation is 2. The van der Waals surface area contributed by atoms with E-state index >= 15 is 0 Å². The zero-order chi connectivity index (χ0) is 18.1. The number of benzene rings is 1. The van der Waals surface area contributed by atoms with Crippen molar-refractivity contribution >= 4 is 22.1 Å². The molecule has 0 spiro atoms. The van der Waals surface area contributed by atoms with Crippen molar-refractivity contribution in [3.8, 4) is 17.3 Å². The molecule has 1 aromatic carbocycles. The molecule has 26 heavy (non-hydrogen) atoms. The maximum atomic E-state index is 5.84. The smallest absolute Gasteiger partial charge is 0.273 e. The Labute approximate surface area is 158 Å². The molecule has 3 heterocycles. The van der Waals surface area contributed by atoms with E-state index in [2.05, 4.69) is 36.3 Å². The zero-order valence-electron chi connectivity index (χ0n) is 14.2. The lowest BCUT2D eigenvalue weighted by molar-refractivity contribution is 0.574. The highest BCUT2D eigenvalue weighted by atomic mass is 79.9. The highest BCUT2D eigenvalue weighted by molar-refractivity contribution is 9.10. The van der Waals surface area contributed by atoms with E-state index in [1.54, 1.807) is 15.6 Å². The molecule has 0 aliphatic heterocycles. The molecule has 0 atom stereocenters. The fourth-order valence-corrected chi connectivity index (χ4v) is 2.85. The Morgan fingerprint density at radius 1 is 1.12 bits per heavy atom. The Kier molecular flexibility index (Phi) is 4.26. The largest absolute Gasteiger partial charge is 0.455 e. The number of hydrogen-bond acceptors (Lipinski definition) is 5. The van der Waals surface area contributed by atoms with Crippen molar-refractivity contribution in [1.29, 1.82) is 0 Å². The molecule has 130 valence electrons. The molecule has 0 saturated heterocycles. The van der Waals surface area contributed by atoms with E-state index in [1.165, 1.54) is 6.33 Å². The van der Waals surface area contributed by atoms with Crippen LogP contribution in [0.15, 0.2) is 62.8 Å². The van der Waals surface area contributed by atoms with Crippen LogP contribution in [0.2, 0.25) is 0 Å². The molecule has 4 aromatic rings. The second-order valence-electron chi connectivity index (χ2n) is 5.77. The van der Waals surface area contributed by atoms with E-state index < -0.39 is 0 Å². The van der Waals surface area contributed by atoms with Crippen molar-refractivity contribution in [2.24, 2.45) is 5.10 Å². The molecule has 0 aliphatic carbocycles. The van der Waals surface area contributed by atoms with Crippen LogP contribution < -0.4 is 0 Å². The zero-order valence-corrected chi connectivity index (χ0v) is 15.8. The summed E-state index contributed by atoms with van der Waals surface area (Å²) >= 11 is 3.43. The summed E-state index contributed by atoms with van der Waals surface area (Å²) in [5.41, 5.74) is 2.87. The summed E-state index contributed by atoms with van der Waals surface area (Å²) < 4.78 is 10.1. The van der Waals surface area contributed by atoms with Crippen LogP contribution in [-0.2, 0) is 0 Å². The Morgan fingerprint density at radius 3 is 2.65 bits per heavy atom. The fourth-order valence-electron chi connectivity index (χ4n) is 2.59. The predicted molar refractivity (Wildman–Crippen MR) is 101 cm³/mol. The van der Waals surface area contributed by atoms with Gasteiger partial charge in [-0.15, -0.1) is 10.2 Å². The third-order valence-electron chi connectivity index (χ3n) is 3.78. The fraction of sp³-hybridized carbons (Fsp3) is 0.111. The normalized spacial score (nSPS) is 11.5. The van der Waals surface area contributed by atoms with Crippen LogP contribution in [0.5, 0.6) is 0 Å². The van der Waals surface area contributed by atoms with Crippen molar-refractivity contribution in [2.75, 3.05) is 0 Å². The highest BCUT2D eigenvalue weighted by Crippen LogP contribution is 2.23. The molecule has 0 bridgehead atoms. The average Bonchev–Trinajstić information content (AvgIpc) is 3.33. The number of hydrogen-bond donors (Lipinski definition) is 0. The predicted octanol–water partition coefficient (Wildman–Crippen LogP) is 3.99. The van der Waals surface area contributed by atoms with E-state index in [9.17, 15) is 0 Å². The van der Waals surface area contributed by atoms with Crippen LogP contribution >= 0.6 is 15.9 Å². The summed E-state index contributed by atoms with van der Waals surface area (Å²) in [5.74, 6) is 1.93. The second kappa shape index (κ2) is 6.72. The third-order valence-corrected chi connectivity index (χ3v) is 4.31. The first kappa shape index (κ1) is 16.5. The molecular weight excluding hydrogens is 396 g/mol.